The van der Waals surface area contributed by atoms with Gasteiger partial charge in [0, 0.05) is 16.5 Å². The molecule has 0 spiro atoms. The van der Waals surface area contributed by atoms with Crippen molar-refractivity contribution in [2.45, 2.75) is 11.1 Å². The van der Waals surface area contributed by atoms with Crippen LogP contribution in [-0.2, 0) is 4.74 Å². The average Bonchev–Trinajstić information content (AvgIpc) is 2.61. The normalized spacial score (nSPS) is 11.9. The van der Waals surface area contributed by atoms with Crippen LogP contribution in [0.1, 0.15) is 20.7 Å². The number of halogens is 3. The van der Waals surface area contributed by atoms with E-state index in [1.54, 1.807) is 18.2 Å². The van der Waals surface area contributed by atoms with Crippen molar-refractivity contribution < 1.29 is 27.5 Å². The van der Waals surface area contributed by atoms with Crippen molar-refractivity contribution in [3.63, 3.8) is 0 Å². The Morgan fingerprint density at radius 2 is 1.56 bits per heavy atom. The van der Waals surface area contributed by atoms with Gasteiger partial charge in [-0.25, -0.2) is 4.79 Å². The third-order valence-corrected chi connectivity index (χ3v) is 3.87. The first-order valence-corrected chi connectivity index (χ1v) is 8.28. The van der Waals surface area contributed by atoms with Gasteiger partial charge in [0.25, 0.3) is 0 Å². The predicted molar refractivity (Wildman–Crippen MR) is 88.5 cm³/mol. The molecule has 0 aromatic heterocycles. The van der Waals surface area contributed by atoms with Gasteiger partial charge in [-0.1, -0.05) is 30.3 Å². The van der Waals surface area contributed by atoms with Gasteiger partial charge in [-0.05, 0) is 30.5 Å². The molecular weight excluding hydrogens is 353 g/mol. The summed E-state index contributed by atoms with van der Waals surface area (Å²) >= 11 is 1.43. The van der Waals surface area contributed by atoms with Gasteiger partial charge in [-0.3, -0.25) is 4.79 Å². The maximum Gasteiger partial charge on any atom is 0.449 e. The number of esters is 1. The largest absolute Gasteiger partial charge is 0.449 e. The van der Waals surface area contributed by atoms with Gasteiger partial charge in [0.1, 0.15) is 0 Å². The number of carbonyl (C=O) groups is 2. The number of ketones is 1. The molecule has 0 amide bonds. The SMILES string of the molecule is CSc1ccc(C(=O)O/C(=C\C(=O)c2ccccc2)C(F)(F)F)cc1. The molecule has 2 rings (SSSR count). The van der Waals surface area contributed by atoms with E-state index in [4.69, 9.17) is 0 Å². The molecule has 130 valence electrons. The Hall–Kier alpha value is -2.54. The minimum atomic E-state index is -4.97. The van der Waals surface area contributed by atoms with Gasteiger partial charge in [0.15, 0.2) is 5.78 Å². The molecule has 0 aliphatic rings. The summed E-state index contributed by atoms with van der Waals surface area (Å²) in [6, 6.07) is 13.3. The second-order valence-electron chi connectivity index (χ2n) is 4.85. The second kappa shape index (κ2) is 8.02. The molecule has 0 saturated heterocycles. The Balaban J connectivity index is 2.24. The van der Waals surface area contributed by atoms with Crippen LogP contribution in [0.2, 0.25) is 0 Å². The van der Waals surface area contributed by atoms with Crippen molar-refractivity contribution in [2.75, 3.05) is 6.26 Å². The van der Waals surface area contributed by atoms with Gasteiger partial charge in [0.05, 0.1) is 5.56 Å². The number of ether oxygens (including phenoxy) is 1. The Bertz CT molecular complexity index is 781. The number of hydrogen-bond acceptors (Lipinski definition) is 4. The minimum absolute atomic E-state index is 0.0416. The van der Waals surface area contributed by atoms with Gasteiger partial charge >= 0.3 is 12.1 Å². The highest BCUT2D eigenvalue weighted by atomic mass is 32.2. The summed E-state index contributed by atoms with van der Waals surface area (Å²) < 4.78 is 43.7. The fraction of sp³-hybridized carbons (Fsp3) is 0.111. The highest BCUT2D eigenvalue weighted by Crippen LogP contribution is 2.28. The third kappa shape index (κ3) is 5.22. The molecule has 0 atom stereocenters. The first kappa shape index (κ1) is 18.8. The molecule has 2 aromatic carbocycles. The molecule has 0 aliphatic carbocycles. The summed E-state index contributed by atoms with van der Waals surface area (Å²) in [5.41, 5.74) is 0.0183. The van der Waals surface area contributed by atoms with E-state index < -0.39 is 23.7 Å². The van der Waals surface area contributed by atoms with E-state index in [2.05, 4.69) is 4.74 Å². The van der Waals surface area contributed by atoms with Gasteiger partial charge in [-0.2, -0.15) is 13.2 Å². The van der Waals surface area contributed by atoms with E-state index in [1.165, 1.54) is 48.2 Å². The van der Waals surface area contributed by atoms with E-state index in [0.29, 0.717) is 0 Å². The van der Waals surface area contributed by atoms with E-state index in [1.807, 2.05) is 6.26 Å². The molecule has 0 fully saturated rings. The molecular formula is C18H13F3O3S. The lowest BCUT2D eigenvalue weighted by Crippen LogP contribution is -2.20. The van der Waals surface area contributed by atoms with Crippen molar-refractivity contribution in [3.8, 4) is 0 Å². The van der Waals surface area contributed by atoms with Crippen molar-refractivity contribution in [1.29, 1.82) is 0 Å². The lowest BCUT2D eigenvalue weighted by atomic mass is 10.1. The number of alkyl halides is 3. The molecule has 0 radical (unpaired) electrons. The molecule has 0 bridgehead atoms. The number of benzene rings is 2. The summed E-state index contributed by atoms with van der Waals surface area (Å²) in [6.07, 6.45) is -2.87. The van der Waals surface area contributed by atoms with Crippen LogP contribution in [0.5, 0.6) is 0 Å². The minimum Gasteiger partial charge on any atom is -0.418 e. The van der Waals surface area contributed by atoms with Crippen LogP contribution >= 0.6 is 11.8 Å². The van der Waals surface area contributed by atoms with Gasteiger partial charge in [-0.15, -0.1) is 11.8 Å². The van der Waals surface area contributed by atoms with Crippen molar-refractivity contribution >= 4 is 23.5 Å². The highest BCUT2D eigenvalue weighted by molar-refractivity contribution is 7.98. The van der Waals surface area contributed by atoms with E-state index in [-0.39, 0.29) is 17.2 Å². The first-order chi connectivity index (χ1) is 11.8. The zero-order chi connectivity index (χ0) is 18.4. The van der Waals surface area contributed by atoms with Crippen molar-refractivity contribution in [1.82, 2.24) is 0 Å². The molecule has 25 heavy (non-hydrogen) atoms. The van der Waals surface area contributed by atoms with E-state index in [0.717, 1.165) is 4.90 Å². The monoisotopic (exact) mass is 366 g/mol. The Labute approximate surface area is 146 Å². The van der Waals surface area contributed by atoms with Crippen LogP contribution in [0.3, 0.4) is 0 Å². The molecule has 0 heterocycles. The molecule has 7 heteroatoms. The standard InChI is InChI=1S/C18H13F3O3S/c1-25-14-9-7-13(8-10-14)17(23)24-16(18(19,20)21)11-15(22)12-5-3-2-4-6-12/h2-11H,1H3/b16-11-. The fourth-order valence-corrected chi connectivity index (χ4v) is 2.27. The van der Waals surface area contributed by atoms with Crippen molar-refractivity contribution in [2.24, 2.45) is 0 Å². The maximum absolute atomic E-state index is 13.1. The molecule has 3 nitrogen and oxygen atoms in total. The fourth-order valence-electron chi connectivity index (χ4n) is 1.86. The lowest BCUT2D eigenvalue weighted by Gasteiger charge is -2.12. The van der Waals surface area contributed by atoms with Crippen LogP contribution in [0.15, 0.2) is 71.3 Å². The predicted octanol–water partition coefficient (Wildman–Crippen LogP) is 4.89. The van der Waals surface area contributed by atoms with Crippen LogP contribution in [0.25, 0.3) is 0 Å². The lowest BCUT2D eigenvalue weighted by molar-refractivity contribution is -0.122. The summed E-state index contributed by atoms with van der Waals surface area (Å²) in [5, 5.41) is 0. The topological polar surface area (TPSA) is 43.4 Å². The number of hydrogen-bond donors (Lipinski definition) is 0. The molecule has 0 unspecified atom stereocenters. The van der Waals surface area contributed by atoms with Crippen molar-refractivity contribution in [3.05, 3.63) is 77.6 Å². The van der Waals surface area contributed by atoms with Gasteiger partial charge < -0.3 is 4.74 Å². The zero-order valence-corrected chi connectivity index (χ0v) is 13.9. The summed E-state index contributed by atoms with van der Waals surface area (Å²) in [4.78, 5) is 24.7. The summed E-state index contributed by atoms with van der Waals surface area (Å²) in [6.45, 7) is 0. The summed E-state index contributed by atoms with van der Waals surface area (Å²) in [5.74, 6) is -3.74. The smallest absolute Gasteiger partial charge is 0.418 e. The number of thioether (sulfide) groups is 1. The molecule has 0 aliphatic heterocycles. The zero-order valence-electron chi connectivity index (χ0n) is 13.0. The molecule has 0 N–H and O–H groups in total. The quantitative estimate of drug-likeness (QED) is 0.248. The Morgan fingerprint density at radius 1 is 0.960 bits per heavy atom. The van der Waals surface area contributed by atoms with E-state index in [9.17, 15) is 22.8 Å². The first-order valence-electron chi connectivity index (χ1n) is 7.06. The van der Waals surface area contributed by atoms with Crippen LogP contribution in [0.4, 0.5) is 13.2 Å². The number of allylic oxidation sites excluding steroid dienone is 2. The maximum atomic E-state index is 13.1. The molecule has 2 aromatic rings. The molecule has 0 saturated carbocycles. The Morgan fingerprint density at radius 3 is 2.08 bits per heavy atom. The highest BCUT2D eigenvalue weighted by Gasteiger charge is 2.38. The van der Waals surface area contributed by atoms with Gasteiger partial charge in [0.2, 0.25) is 5.76 Å². The number of rotatable bonds is 5. The van der Waals surface area contributed by atoms with E-state index >= 15 is 0 Å². The van der Waals surface area contributed by atoms with Crippen LogP contribution < -0.4 is 0 Å². The summed E-state index contributed by atoms with van der Waals surface area (Å²) in [7, 11) is 0. The third-order valence-electron chi connectivity index (χ3n) is 3.13. The number of carbonyl (C=O) groups excluding carboxylic acids is 2. The second-order valence-corrected chi connectivity index (χ2v) is 5.73. The average molecular weight is 366 g/mol. The van der Waals surface area contributed by atoms with Crippen LogP contribution in [-0.4, -0.2) is 24.2 Å². The Kier molecular flexibility index (Phi) is 6.03. The van der Waals surface area contributed by atoms with Crippen LogP contribution in [0, 0.1) is 0 Å².